The lowest BCUT2D eigenvalue weighted by molar-refractivity contribution is 0.775. The van der Waals surface area contributed by atoms with Crippen LogP contribution in [0, 0.1) is 12.3 Å². The van der Waals surface area contributed by atoms with Crippen LogP contribution in [0.25, 0.3) is 0 Å². The highest BCUT2D eigenvalue weighted by atomic mass is 32.2. The van der Waals surface area contributed by atoms with Gasteiger partial charge in [-0.2, -0.15) is 0 Å². The molecule has 7 heavy (non-hydrogen) atoms. The largest absolute Gasteiger partial charge is 0.294 e. The van der Waals surface area contributed by atoms with Crippen LogP contribution in [0.2, 0.25) is 0 Å². The first kappa shape index (κ1) is 5.02. The van der Waals surface area contributed by atoms with Gasteiger partial charge in [-0.1, -0.05) is 5.92 Å². The van der Waals surface area contributed by atoms with E-state index in [4.69, 9.17) is 6.42 Å². The van der Waals surface area contributed by atoms with Crippen LogP contribution in [0.4, 0.5) is 0 Å². The second-order valence-electron chi connectivity index (χ2n) is 1.44. The van der Waals surface area contributed by atoms with Crippen molar-refractivity contribution in [3.8, 4) is 12.3 Å². The summed E-state index contributed by atoms with van der Waals surface area (Å²) in [6, 6.07) is 0.338. The van der Waals surface area contributed by atoms with Crippen LogP contribution in [-0.4, -0.2) is 17.7 Å². The summed E-state index contributed by atoms with van der Waals surface area (Å²) in [7, 11) is 0. The van der Waals surface area contributed by atoms with E-state index in [1.165, 1.54) is 0 Å². The van der Waals surface area contributed by atoms with E-state index in [9.17, 15) is 0 Å². The Bertz CT molecular complexity index is 88.7. The highest BCUT2D eigenvalue weighted by Gasteiger charge is 2.09. The van der Waals surface area contributed by atoms with Crippen molar-refractivity contribution in [3.05, 3.63) is 0 Å². The Kier molecular flexibility index (Phi) is 1.61. The fraction of sp³-hybridized carbons (Fsp3) is 0.600. The van der Waals surface area contributed by atoms with Crippen LogP contribution in [-0.2, 0) is 0 Å². The van der Waals surface area contributed by atoms with E-state index in [1.807, 2.05) is 11.8 Å². The summed E-state index contributed by atoms with van der Waals surface area (Å²) in [5.41, 5.74) is 0. The van der Waals surface area contributed by atoms with Gasteiger partial charge in [0.2, 0.25) is 0 Å². The topological polar surface area (TPSA) is 12.0 Å². The van der Waals surface area contributed by atoms with E-state index in [0.29, 0.717) is 6.04 Å². The molecule has 0 bridgehead atoms. The monoisotopic (exact) mass is 113 g/mol. The molecule has 0 aromatic heterocycles. The maximum Gasteiger partial charge on any atom is 0.0785 e. The third kappa shape index (κ3) is 1.12. The predicted molar refractivity (Wildman–Crippen MR) is 33.1 cm³/mol. The summed E-state index contributed by atoms with van der Waals surface area (Å²) in [6.07, 6.45) is 5.11. The maximum atomic E-state index is 5.11. The Hall–Kier alpha value is -0.130. The molecule has 0 amide bonds. The minimum Gasteiger partial charge on any atom is -0.294 e. The molecule has 1 atom stereocenters. The van der Waals surface area contributed by atoms with Gasteiger partial charge < -0.3 is 0 Å². The molecule has 0 radical (unpaired) electrons. The molecule has 2 heteroatoms. The van der Waals surface area contributed by atoms with Crippen molar-refractivity contribution < 1.29 is 0 Å². The van der Waals surface area contributed by atoms with Crippen molar-refractivity contribution in [2.24, 2.45) is 0 Å². The molecule has 1 aliphatic heterocycles. The van der Waals surface area contributed by atoms with Gasteiger partial charge in [-0.25, -0.2) is 0 Å². The van der Waals surface area contributed by atoms with E-state index in [2.05, 4.69) is 11.2 Å². The lowest BCUT2D eigenvalue weighted by Crippen LogP contribution is -2.20. The van der Waals surface area contributed by atoms with E-state index in [-0.39, 0.29) is 0 Å². The maximum absolute atomic E-state index is 5.11. The van der Waals surface area contributed by atoms with Crippen molar-refractivity contribution in [1.29, 1.82) is 0 Å². The highest BCUT2D eigenvalue weighted by molar-refractivity contribution is 7.99. The average Bonchev–Trinajstić information content (AvgIpc) is 2.14. The van der Waals surface area contributed by atoms with E-state index >= 15 is 0 Å². The number of thioether (sulfide) groups is 1. The van der Waals surface area contributed by atoms with Crippen LogP contribution in [0.3, 0.4) is 0 Å². The Morgan fingerprint density at radius 3 is 3.00 bits per heavy atom. The SMILES string of the molecule is C#CC1CSCN1. The summed E-state index contributed by atoms with van der Waals surface area (Å²) in [5.74, 6) is 4.73. The van der Waals surface area contributed by atoms with Crippen LogP contribution >= 0.6 is 11.8 Å². The van der Waals surface area contributed by atoms with Gasteiger partial charge in [0, 0.05) is 11.6 Å². The molecule has 1 fully saturated rings. The molecular formula is C5H7NS. The Labute approximate surface area is 47.9 Å². The van der Waals surface area contributed by atoms with Gasteiger partial charge in [0.05, 0.1) is 6.04 Å². The van der Waals surface area contributed by atoms with Crippen molar-refractivity contribution in [1.82, 2.24) is 5.32 Å². The first-order valence-corrected chi connectivity index (χ1v) is 3.36. The third-order valence-corrected chi connectivity index (χ3v) is 1.86. The second-order valence-corrected chi connectivity index (χ2v) is 2.47. The first-order chi connectivity index (χ1) is 3.43. The number of nitrogens with one attached hydrogen (secondary N) is 1. The Morgan fingerprint density at radius 2 is 2.71 bits per heavy atom. The summed E-state index contributed by atoms with van der Waals surface area (Å²) in [5, 5.41) is 3.13. The van der Waals surface area contributed by atoms with E-state index in [1.54, 1.807) is 0 Å². The molecule has 1 aliphatic rings. The van der Waals surface area contributed by atoms with Crippen molar-refractivity contribution in [2.75, 3.05) is 11.6 Å². The van der Waals surface area contributed by atoms with Gasteiger partial charge in [-0.05, 0) is 0 Å². The minimum atomic E-state index is 0.338. The van der Waals surface area contributed by atoms with Crippen LogP contribution in [0.15, 0.2) is 0 Å². The zero-order valence-electron chi connectivity index (χ0n) is 3.98. The summed E-state index contributed by atoms with van der Waals surface area (Å²) in [4.78, 5) is 0. The molecule has 38 valence electrons. The fourth-order valence-corrected chi connectivity index (χ4v) is 1.39. The molecule has 1 heterocycles. The molecule has 0 aromatic carbocycles. The number of hydrogen-bond donors (Lipinski definition) is 1. The summed E-state index contributed by atoms with van der Waals surface area (Å²) < 4.78 is 0. The van der Waals surface area contributed by atoms with Crippen LogP contribution in [0.1, 0.15) is 0 Å². The highest BCUT2D eigenvalue weighted by Crippen LogP contribution is 2.07. The third-order valence-electron chi connectivity index (χ3n) is 0.917. The molecule has 0 aliphatic carbocycles. The van der Waals surface area contributed by atoms with Gasteiger partial charge in [-0.15, -0.1) is 18.2 Å². The second kappa shape index (κ2) is 2.25. The van der Waals surface area contributed by atoms with E-state index < -0.39 is 0 Å². The van der Waals surface area contributed by atoms with E-state index in [0.717, 1.165) is 11.6 Å². The van der Waals surface area contributed by atoms with Crippen LogP contribution in [0.5, 0.6) is 0 Å². The number of rotatable bonds is 0. The van der Waals surface area contributed by atoms with Gasteiger partial charge >= 0.3 is 0 Å². The zero-order chi connectivity index (χ0) is 5.11. The Morgan fingerprint density at radius 1 is 1.86 bits per heavy atom. The lowest BCUT2D eigenvalue weighted by atomic mass is 10.4. The van der Waals surface area contributed by atoms with Gasteiger partial charge in [0.25, 0.3) is 0 Å². The molecule has 0 spiro atoms. The molecule has 1 nitrogen and oxygen atoms in total. The van der Waals surface area contributed by atoms with Crippen LogP contribution < -0.4 is 5.32 Å². The minimum absolute atomic E-state index is 0.338. The molecule has 1 rings (SSSR count). The normalized spacial score (nSPS) is 29.9. The van der Waals surface area contributed by atoms with Gasteiger partial charge in [0.1, 0.15) is 0 Å². The predicted octanol–water partition coefficient (Wildman–Crippen LogP) is 0.282. The Balaban J connectivity index is 2.31. The molecule has 1 saturated heterocycles. The van der Waals surface area contributed by atoms with Gasteiger partial charge in [0.15, 0.2) is 0 Å². The van der Waals surface area contributed by atoms with Gasteiger partial charge in [-0.3, -0.25) is 5.32 Å². The number of terminal acetylenes is 1. The molecule has 0 aromatic rings. The number of hydrogen-bond acceptors (Lipinski definition) is 2. The standard InChI is InChI=1S/C5H7NS/c1-2-5-3-7-4-6-5/h1,5-6H,3-4H2. The molecular weight excluding hydrogens is 106 g/mol. The molecule has 1 N–H and O–H groups in total. The quantitative estimate of drug-likeness (QED) is 0.453. The molecule has 0 saturated carbocycles. The summed E-state index contributed by atoms with van der Waals surface area (Å²) >= 11 is 1.85. The average molecular weight is 113 g/mol. The fourth-order valence-electron chi connectivity index (χ4n) is 0.502. The van der Waals surface area contributed by atoms with Crippen molar-refractivity contribution in [2.45, 2.75) is 6.04 Å². The molecule has 1 unspecified atom stereocenters. The first-order valence-electron chi connectivity index (χ1n) is 2.21. The summed E-state index contributed by atoms with van der Waals surface area (Å²) in [6.45, 7) is 0. The smallest absolute Gasteiger partial charge is 0.0785 e. The lowest BCUT2D eigenvalue weighted by Gasteiger charge is -1.93. The van der Waals surface area contributed by atoms with Crippen molar-refractivity contribution >= 4 is 11.8 Å². The zero-order valence-corrected chi connectivity index (χ0v) is 4.79. The van der Waals surface area contributed by atoms with Crippen molar-refractivity contribution in [3.63, 3.8) is 0 Å².